The Hall–Kier alpha value is -2.48. The lowest BCUT2D eigenvalue weighted by Gasteiger charge is -2.26. The van der Waals surface area contributed by atoms with Crippen molar-refractivity contribution in [2.24, 2.45) is 5.73 Å². The third kappa shape index (κ3) is 5.31. The fourth-order valence-electron chi connectivity index (χ4n) is 1.87. The van der Waals surface area contributed by atoms with E-state index < -0.39 is 17.7 Å². The number of benzene rings is 1. The number of ether oxygens (including phenoxy) is 3. The number of rotatable bonds is 5. The Morgan fingerprint density at radius 2 is 1.71 bits per heavy atom. The molecule has 0 unspecified atom stereocenters. The number of para-hydroxylation sites is 1. The number of amides is 3. The van der Waals surface area contributed by atoms with Crippen molar-refractivity contribution < 1.29 is 23.8 Å². The zero-order chi connectivity index (χ0) is 18.3. The highest BCUT2D eigenvalue weighted by Gasteiger charge is 2.28. The maximum Gasteiger partial charge on any atom is 0.418 e. The Kier molecular flexibility index (Phi) is 6.84. The highest BCUT2D eigenvalue weighted by molar-refractivity contribution is 6.01. The molecule has 0 aromatic heterocycles. The second-order valence-electron chi connectivity index (χ2n) is 5.89. The van der Waals surface area contributed by atoms with Crippen LogP contribution in [0.25, 0.3) is 0 Å². The van der Waals surface area contributed by atoms with Gasteiger partial charge in [-0.05, 0) is 32.9 Å². The zero-order valence-corrected chi connectivity index (χ0v) is 14.7. The first-order chi connectivity index (χ1) is 11.2. The molecular weight excluding hydrogens is 314 g/mol. The van der Waals surface area contributed by atoms with E-state index in [2.05, 4.69) is 5.32 Å². The molecule has 0 aliphatic rings. The topological polar surface area (TPSA) is 103 Å². The molecular formula is C16H25N3O5. The lowest BCUT2D eigenvalue weighted by molar-refractivity contribution is 0.0336. The second-order valence-corrected chi connectivity index (χ2v) is 5.89. The Balaban J connectivity index is 3.03. The Morgan fingerprint density at radius 1 is 1.17 bits per heavy atom. The van der Waals surface area contributed by atoms with Gasteiger partial charge in [-0.3, -0.25) is 0 Å². The van der Waals surface area contributed by atoms with Gasteiger partial charge in [0.25, 0.3) is 0 Å². The third-order valence-corrected chi connectivity index (χ3v) is 2.87. The predicted octanol–water partition coefficient (Wildman–Crippen LogP) is 2.43. The number of methoxy groups -OCH3 is 2. The largest absolute Gasteiger partial charge is 0.494 e. The molecule has 3 N–H and O–H groups in total. The number of nitrogens with zero attached hydrogens (tertiary/aromatic N) is 1. The van der Waals surface area contributed by atoms with Gasteiger partial charge in [-0.1, -0.05) is 6.07 Å². The van der Waals surface area contributed by atoms with Crippen molar-refractivity contribution >= 4 is 17.8 Å². The molecule has 1 aromatic carbocycles. The van der Waals surface area contributed by atoms with Gasteiger partial charge in [-0.15, -0.1) is 0 Å². The number of imide groups is 1. The second kappa shape index (κ2) is 8.39. The van der Waals surface area contributed by atoms with Gasteiger partial charge < -0.3 is 25.3 Å². The Morgan fingerprint density at radius 3 is 2.12 bits per heavy atom. The first kappa shape index (κ1) is 19.6. The molecule has 0 heterocycles. The average Bonchev–Trinajstić information content (AvgIpc) is 2.50. The molecule has 0 atom stereocenters. The van der Waals surface area contributed by atoms with Crippen LogP contribution >= 0.6 is 0 Å². The molecule has 8 nitrogen and oxygen atoms in total. The van der Waals surface area contributed by atoms with Crippen LogP contribution in [0.4, 0.5) is 15.3 Å². The fraction of sp³-hybridized carbons (Fsp3) is 0.500. The minimum absolute atomic E-state index is 0.0121. The van der Waals surface area contributed by atoms with Crippen LogP contribution in [0.1, 0.15) is 20.8 Å². The summed E-state index contributed by atoms with van der Waals surface area (Å²) >= 11 is 0. The van der Waals surface area contributed by atoms with Crippen molar-refractivity contribution in [1.29, 1.82) is 0 Å². The molecule has 1 aromatic rings. The van der Waals surface area contributed by atoms with Gasteiger partial charge in [-0.2, -0.15) is 0 Å². The third-order valence-electron chi connectivity index (χ3n) is 2.87. The standard InChI is InChI=1S/C16H25N3O5/c1-16(2,3)24-15(21)19(10-9-17)14(20)18-13-11(22-4)7-6-8-12(13)23-5/h6-8H,9-10,17H2,1-5H3,(H,18,20). The number of carbonyl (C=O) groups is 2. The molecule has 0 fully saturated rings. The van der Waals surface area contributed by atoms with Gasteiger partial charge in [0.15, 0.2) is 0 Å². The molecule has 0 bridgehead atoms. The van der Waals surface area contributed by atoms with Gasteiger partial charge in [0.2, 0.25) is 0 Å². The van der Waals surface area contributed by atoms with E-state index >= 15 is 0 Å². The lowest BCUT2D eigenvalue weighted by Crippen LogP contribution is -2.45. The van der Waals surface area contributed by atoms with E-state index in [0.717, 1.165) is 4.90 Å². The van der Waals surface area contributed by atoms with Crippen LogP contribution in [0.3, 0.4) is 0 Å². The van der Waals surface area contributed by atoms with Crippen LogP contribution in [0, 0.1) is 0 Å². The van der Waals surface area contributed by atoms with E-state index in [-0.39, 0.29) is 13.1 Å². The van der Waals surface area contributed by atoms with Crippen LogP contribution in [-0.2, 0) is 4.74 Å². The number of hydrogen-bond acceptors (Lipinski definition) is 6. The summed E-state index contributed by atoms with van der Waals surface area (Å²) in [5, 5.41) is 2.61. The maximum absolute atomic E-state index is 12.5. The molecule has 0 aliphatic heterocycles. The zero-order valence-electron chi connectivity index (χ0n) is 14.7. The van der Waals surface area contributed by atoms with Crippen LogP contribution in [0.15, 0.2) is 18.2 Å². The van der Waals surface area contributed by atoms with E-state index in [1.54, 1.807) is 39.0 Å². The van der Waals surface area contributed by atoms with Gasteiger partial charge in [0.05, 0.1) is 14.2 Å². The summed E-state index contributed by atoms with van der Waals surface area (Å²) in [4.78, 5) is 25.6. The average molecular weight is 339 g/mol. The van der Waals surface area contributed by atoms with E-state index in [4.69, 9.17) is 19.9 Å². The highest BCUT2D eigenvalue weighted by atomic mass is 16.6. The summed E-state index contributed by atoms with van der Waals surface area (Å²) in [5.41, 5.74) is 5.08. The van der Waals surface area contributed by atoms with Crippen LogP contribution < -0.4 is 20.5 Å². The van der Waals surface area contributed by atoms with Crippen molar-refractivity contribution in [3.63, 3.8) is 0 Å². The summed E-state index contributed by atoms with van der Waals surface area (Å²) in [5.74, 6) is 0.805. The fourth-order valence-corrected chi connectivity index (χ4v) is 1.87. The highest BCUT2D eigenvalue weighted by Crippen LogP contribution is 2.34. The lowest BCUT2D eigenvalue weighted by atomic mass is 10.2. The Labute approximate surface area is 141 Å². The number of urea groups is 1. The monoisotopic (exact) mass is 339 g/mol. The van der Waals surface area contributed by atoms with E-state index in [9.17, 15) is 9.59 Å². The maximum atomic E-state index is 12.5. The molecule has 0 radical (unpaired) electrons. The Bertz CT molecular complexity index is 561. The minimum atomic E-state index is -0.778. The molecule has 0 aliphatic carbocycles. The number of nitrogens with one attached hydrogen (secondary N) is 1. The van der Waals surface area contributed by atoms with E-state index in [1.165, 1.54) is 14.2 Å². The van der Waals surface area contributed by atoms with Crippen LogP contribution in [-0.4, -0.2) is 49.9 Å². The molecule has 0 saturated heterocycles. The van der Waals surface area contributed by atoms with E-state index in [0.29, 0.717) is 17.2 Å². The number of nitrogens with two attached hydrogens (primary N) is 1. The van der Waals surface area contributed by atoms with Crippen molar-refractivity contribution in [2.75, 3.05) is 32.6 Å². The number of hydrogen-bond donors (Lipinski definition) is 2. The predicted molar refractivity (Wildman–Crippen MR) is 90.6 cm³/mol. The number of carbonyl (C=O) groups excluding carboxylic acids is 2. The van der Waals surface area contributed by atoms with Gasteiger partial charge in [0.1, 0.15) is 22.8 Å². The normalized spacial score (nSPS) is 10.8. The summed E-state index contributed by atoms with van der Waals surface area (Å²) in [6.07, 6.45) is -0.778. The van der Waals surface area contributed by atoms with Crippen molar-refractivity contribution in [2.45, 2.75) is 26.4 Å². The molecule has 1 rings (SSSR count). The molecule has 3 amide bonds. The van der Waals surface area contributed by atoms with Gasteiger partial charge >= 0.3 is 12.1 Å². The minimum Gasteiger partial charge on any atom is -0.494 e. The molecule has 0 saturated carbocycles. The summed E-state index contributed by atoms with van der Waals surface area (Å²) in [6, 6.07) is 4.37. The summed E-state index contributed by atoms with van der Waals surface area (Å²) in [6.45, 7) is 5.26. The van der Waals surface area contributed by atoms with Crippen LogP contribution in [0.2, 0.25) is 0 Å². The van der Waals surface area contributed by atoms with Crippen molar-refractivity contribution in [1.82, 2.24) is 4.90 Å². The quantitative estimate of drug-likeness (QED) is 0.854. The SMILES string of the molecule is COc1cccc(OC)c1NC(=O)N(CCN)C(=O)OC(C)(C)C. The summed E-state index contributed by atoms with van der Waals surface area (Å²) < 4.78 is 15.7. The van der Waals surface area contributed by atoms with E-state index in [1.807, 2.05) is 0 Å². The molecule has 8 heteroatoms. The molecule has 134 valence electrons. The first-order valence-electron chi connectivity index (χ1n) is 7.46. The first-order valence-corrected chi connectivity index (χ1v) is 7.46. The molecule has 0 spiro atoms. The smallest absolute Gasteiger partial charge is 0.418 e. The van der Waals surface area contributed by atoms with Crippen LogP contribution in [0.5, 0.6) is 11.5 Å². The van der Waals surface area contributed by atoms with Gasteiger partial charge in [-0.25, -0.2) is 14.5 Å². The van der Waals surface area contributed by atoms with Crippen molar-refractivity contribution in [3.05, 3.63) is 18.2 Å². The van der Waals surface area contributed by atoms with Gasteiger partial charge in [0, 0.05) is 13.1 Å². The number of anilines is 1. The van der Waals surface area contributed by atoms with Crippen molar-refractivity contribution in [3.8, 4) is 11.5 Å². The summed E-state index contributed by atoms with van der Waals surface area (Å²) in [7, 11) is 2.94. The molecule has 24 heavy (non-hydrogen) atoms.